The molecule has 2 amide bonds. The Morgan fingerprint density at radius 1 is 1.08 bits per heavy atom. The standard InChI is InChI=1S/C19H27N3O2/c1-14-2-6-16(7-3-14)19(24)22-10-8-17(9-11-22)21-18(23)13-20-12-15-4-5-15/h2-3,6-7,15,17,20H,4-5,8-13H2,1H3,(H,21,23). The average Bonchev–Trinajstić information content (AvgIpc) is 3.40. The van der Waals surface area contributed by atoms with E-state index in [0.29, 0.717) is 19.6 Å². The van der Waals surface area contributed by atoms with Crippen LogP contribution in [-0.4, -0.2) is 48.9 Å². The van der Waals surface area contributed by atoms with Gasteiger partial charge < -0.3 is 15.5 Å². The first-order valence-corrected chi connectivity index (χ1v) is 8.98. The summed E-state index contributed by atoms with van der Waals surface area (Å²) >= 11 is 0. The summed E-state index contributed by atoms with van der Waals surface area (Å²) in [7, 11) is 0. The number of hydrogen-bond acceptors (Lipinski definition) is 3. The summed E-state index contributed by atoms with van der Waals surface area (Å²) in [6, 6.07) is 7.89. The van der Waals surface area contributed by atoms with Crippen LogP contribution in [0.1, 0.15) is 41.6 Å². The first-order valence-electron chi connectivity index (χ1n) is 8.98. The molecule has 2 N–H and O–H groups in total. The molecular formula is C19H27N3O2. The smallest absolute Gasteiger partial charge is 0.253 e. The van der Waals surface area contributed by atoms with Crippen molar-refractivity contribution in [3.8, 4) is 0 Å². The summed E-state index contributed by atoms with van der Waals surface area (Å²) in [6.45, 7) is 4.78. The summed E-state index contributed by atoms with van der Waals surface area (Å²) in [6.07, 6.45) is 4.24. The number of hydrogen-bond donors (Lipinski definition) is 2. The number of carbonyl (C=O) groups excluding carboxylic acids is 2. The van der Waals surface area contributed by atoms with Crippen LogP contribution in [0.5, 0.6) is 0 Å². The molecule has 1 aliphatic heterocycles. The fraction of sp³-hybridized carbons (Fsp3) is 0.579. The SMILES string of the molecule is Cc1ccc(C(=O)N2CCC(NC(=O)CNCC3CC3)CC2)cc1. The molecule has 0 radical (unpaired) electrons. The van der Waals surface area contributed by atoms with Gasteiger partial charge in [-0.3, -0.25) is 9.59 Å². The summed E-state index contributed by atoms with van der Waals surface area (Å²) in [4.78, 5) is 26.3. The maximum atomic E-state index is 12.5. The van der Waals surface area contributed by atoms with Crippen LogP contribution in [-0.2, 0) is 4.79 Å². The molecule has 1 heterocycles. The topological polar surface area (TPSA) is 61.4 Å². The molecule has 1 saturated heterocycles. The van der Waals surface area contributed by atoms with Gasteiger partial charge in [-0.15, -0.1) is 0 Å². The Balaban J connectivity index is 1.39. The molecule has 0 unspecified atom stereocenters. The third-order valence-corrected chi connectivity index (χ3v) is 4.86. The highest BCUT2D eigenvalue weighted by molar-refractivity contribution is 5.94. The quantitative estimate of drug-likeness (QED) is 0.835. The molecule has 0 bridgehead atoms. The fourth-order valence-corrected chi connectivity index (χ4v) is 3.10. The van der Waals surface area contributed by atoms with Gasteiger partial charge in [0.25, 0.3) is 5.91 Å². The minimum Gasteiger partial charge on any atom is -0.352 e. The Bertz CT molecular complexity index is 573. The van der Waals surface area contributed by atoms with E-state index in [9.17, 15) is 9.59 Å². The van der Waals surface area contributed by atoms with E-state index in [0.717, 1.165) is 36.4 Å². The lowest BCUT2D eigenvalue weighted by molar-refractivity contribution is -0.121. The number of piperidine rings is 1. The minimum atomic E-state index is 0.0685. The van der Waals surface area contributed by atoms with Gasteiger partial charge in [0.05, 0.1) is 6.54 Å². The fourth-order valence-electron chi connectivity index (χ4n) is 3.10. The van der Waals surface area contributed by atoms with Gasteiger partial charge in [0.1, 0.15) is 0 Å². The second-order valence-corrected chi connectivity index (χ2v) is 7.07. The summed E-state index contributed by atoms with van der Waals surface area (Å²) < 4.78 is 0. The molecule has 1 aromatic carbocycles. The zero-order chi connectivity index (χ0) is 16.9. The number of rotatable bonds is 6. The van der Waals surface area contributed by atoms with Crippen LogP contribution in [0.25, 0.3) is 0 Å². The molecule has 5 nitrogen and oxygen atoms in total. The van der Waals surface area contributed by atoms with Crippen molar-refractivity contribution in [3.05, 3.63) is 35.4 Å². The van der Waals surface area contributed by atoms with Crippen LogP contribution < -0.4 is 10.6 Å². The van der Waals surface area contributed by atoms with Gasteiger partial charge in [-0.05, 0) is 57.2 Å². The first-order chi connectivity index (χ1) is 11.6. The van der Waals surface area contributed by atoms with Crippen LogP contribution in [0, 0.1) is 12.8 Å². The molecular weight excluding hydrogens is 302 g/mol. The Labute approximate surface area is 143 Å². The van der Waals surface area contributed by atoms with Crippen LogP contribution in [0.3, 0.4) is 0 Å². The van der Waals surface area contributed by atoms with Crippen LogP contribution in [0.2, 0.25) is 0 Å². The van der Waals surface area contributed by atoms with Crippen molar-refractivity contribution in [3.63, 3.8) is 0 Å². The lowest BCUT2D eigenvalue weighted by Crippen LogP contribution is -2.48. The Morgan fingerprint density at radius 3 is 2.38 bits per heavy atom. The van der Waals surface area contributed by atoms with E-state index in [1.807, 2.05) is 36.1 Å². The maximum absolute atomic E-state index is 12.5. The molecule has 1 aromatic rings. The third kappa shape index (κ3) is 4.81. The van der Waals surface area contributed by atoms with E-state index in [1.54, 1.807) is 0 Å². The summed E-state index contributed by atoms with van der Waals surface area (Å²) in [5, 5.41) is 6.29. The molecule has 130 valence electrons. The van der Waals surface area contributed by atoms with Gasteiger partial charge in [-0.1, -0.05) is 17.7 Å². The molecule has 24 heavy (non-hydrogen) atoms. The largest absolute Gasteiger partial charge is 0.352 e. The molecule has 0 atom stereocenters. The van der Waals surface area contributed by atoms with Crippen molar-refractivity contribution in [1.29, 1.82) is 0 Å². The number of nitrogens with one attached hydrogen (secondary N) is 2. The van der Waals surface area contributed by atoms with Crippen molar-refractivity contribution in [2.75, 3.05) is 26.2 Å². The number of nitrogens with zero attached hydrogens (tertiary/aromatic N) is 1. The van der Waals surface area contributed by atoms with Crippen molar-refractivity contribution in [2.24, 2.45) is 5.92 Å². The highest BCUT2D eigenvalue weighted by atomic mass is 16.2. The Morgan fingerprint density at radius 2 is 1.75 bits per heavy atom. The normalized spacial score (nSPS) is 18.5. The van der Waals surface area contributed by atoms with Gasteiger partial charge in [-0.2, -0.15) is 0 Å². The molecule has 1 aliphatic carbocycles. The molecule has 3 rings (SSSR count). The van der Waals surface area contributed by atoms with E-state index in [1.165, 1.54) is 12.8 Å². The van der Waals surface area contributed by atoms with Gasteiger partial charge in [0, 0.05) is 24.7 Å². The van der Waals surface area contributed by atoms with E-state index < -0.39 is 0 Å². The molecule has 2 aliphatic rings. The van der Waals surface area contributed by atoms with E-state index >= 15 is 0 Å². The van der Waals surface area contributed by atoms with E-state index in [4.69, 9.17) is 0 Å². The minimum absolute atomic E-state index is 0.0685. The van der Waals surface area contributed by atoms with Crippen molar-refractivity contribution < 1.29 is 9.59 Å². The summed E-state index contributed by atoms with van der Waals surface area (Å²) in [5.41, 5.74) is 1.90. The number of likely N-dealkylation sites (tertiary alicyclic amines) is 1. The highest BCUT2D eigenvalue weighted by Gasteiger charge is 2.25. The zero-order valence-electron chi connectivity index (χ0n) is 14.4. The summed E-state index contributed by atoms with van der Waals surface area (Å²) in [5.74, 6) is 0.943. The predicted octanol–water partition coefficient (Wildman–Crippen LogP) is 1.72. The predicted molar refractivity (Wildman–Crippen MR) is 93.8 cm³/mol. The number of amides is 2. The number of benzene rings is 1. The highest BCUT2D eigenvalue weighted by Crippen LogP contribution is 2.27. The molecule has 0 spiro atoms. The molecule has 5 heteroatoms. The second-order valence-electron chi connectivity index (χ2n) is 7.07. The van der Waals surface area contributed by atoms with Gasteiger partial charge in [0.15, 0.2) is 0 Å². The Hall–Kier alpha value is -1.88. The lowest BCUT2D eigenvalue weighted by Gasteiger charge is -2.32. The molecule has 0 aromatic heterocycles. The number of carbonyl (C=O) groups is 2. The van der Waals surface area contributed by atoms with Crippen LogP contribution in [0.4, 0.5) is 0 Å². The van der Waals surface area contributed by atoms with Crippen molar-refractivity contribution in [1.82, 2.24) is 15.5 Å². The van der Waals surface area contributed by atoms with E-state index in [-0.39, 0.29) is 17.9 Å². The zero-order valence-corrected chi connectivity index (χ0v) is 14.4. The first kappa shape index (κ1) is 17.0. The Kier molecular flexibility index (Phi) is 5.51. The van der Waals surface area contributed by atoms with Crippen molar-refractivity contribution >= 4 is 11.8 Å². The van der Waals surface area contributed by atoms with E-state index in [2.05, 4.69) is 10.6 Å². The average molecular weight is 329 g/mol. The van der Waals surface area contributed by atoms with Crippen molar-refractivity contribution in [2.45, 2.75) is 38.6 Å². The van der Waals surface area contributed by atoms with Gasteiger partial charge in [-0.25, -0.2) is 0 Å². The van der Waals surface area contributed by atoms with Crippen LogP contribution >= 0.6 is 0 Å². The lowest BCUT2D eigenvalue weighted by atomic mass is 10.0. The van der Waals surface area contributed by atoms with Crippen LogP contribution in [0.15, 0.2) is 24.3 Å². The van der Waals surface area contributed by atoms with Gasteiger partial charge in [0.2, 0.25) is 5.91 Å². The maximum Gasteiger partial charge on any atom is 0.253 e. The molecule has 2 fully saturated rings. The molecule has 1 saturated carbocycles. The van der Waals surface area contributed by atoms with Gasteiger partial charge >= 0.3 is 0 Å². The monoisotopic (exact) mass is 329 g/mol. The second kappa shape index (κ2) is 7.79. The number of aryl methyl sites for hydroxylation is 1. The third-order valence-electron chi connectivity index (χ3n) is 4.86.